The highest BCUT2D eigenvalue weighted by Gasteiger charge is 2.03. The Bertz CT molecular complexity index is 380. The minimum atomic E-state index is -0.487. The molecule has 106 valence electrons. The average molecular weight is 282 g/mol. The van der Waals surface area contributed by atoms with E-state index in [2.05, 4.69) is 16.9 Å². The molecule has 0 saturated heterocycles. The maximum absolute atomic E-state index is 11.6. The van der Waals surface area contributed by atoms with Gasteiger partial charge in [-0.2, -0.15) is 11.8 Å². The Morgan fingerprint density at radius 1 is 1.32 bits per heavy atom. The van der Waals surface area contributed by atoms with Crippen molar-refractivity contribution in [1.82, 2.24) is 5.32 Å². The lowest BCUT2D eigenvalue weighted by Crippen LogP contribution is -2.29. The van der Waals surface area contributed by atoms with E-state index in [9.17, 15) is 9.90 Å². The molecule has 0 aliphatic carbocycles. The number of rotatable bonds is 7. The Labute approximate surface area is 119 Å². The third-order valence-corrected chi connectivity index (χ3v) is 3.41. The number of amides is 2. The highest BCUT2D eigenvalue weighted by molar-refractivity contribution is 7.98. The van der Waals surface area contributed by atoms with E-state index < -0.39 is 6.10 Å². The van der Waals surface area contributed by atoms with E-state index >= 15 is 0 Å². The number of hydrogen-bond acceptors (Lipinski definition) is 3. The molecule has 0 bridgehead atoms. The second kappa shape index (κ2) is 8.82. The third-order valence-electron chi connectivity index (χ3n) is 2.71. The van der Waals surface area contributed by atoms with Gasteiger partial charge in [0.1, 0.15) is 0 Å². The zero-order valence-corrected chi connectivity index (χ0v) is 12.3. The number of carbonyl (C=O) groups excluding carboxylic acids is 1. The summed E-state index contributed by atoms with van der Waals surface area (Å²) >= 11 is 1.82. The molecule has 1 aromatic carbocycles. The molecule has 2 amide bonds. The van der Waals surface area contributed by atoms with Crippen LogP contribution in [0.1, 0.15) is 31.4 Å². The monoisotopic (exact) mass is 282 g/mol. The maximum atomic E-state index is 11.6. The molecule has 4 nitrogen and oxygen atoms in total. The Morgan fingerprint density at radius 2 is 2.00 bits per heavy atom. The van der Waals surface area contributed by atoms with E-state index in [4.69, 9.17) is 0 Å². The molecule has 19 heavy (non-hydrogen) atoms. The van der Waals surface area contributed by atoms with Crippen molar-refractivity contribution < 1.29 is 9.90 Å². The molecule has 0 heterocycles. The van der Waals surface area contributed by atoms with Gasteiger partial charge in [-0.05, 0) is 49.5 Å². The van der Waals surface area contributed by atoms with E-state index in [1.807, 2.05) is 11.8 Å². The van der Waals surface area contributed by atoms with E-state index in [0.717, 1.165) is 29.8 Å². The zero-order valence-electron chi connectivity index (χ0n) is 11.5. The van der Waals surface area contributed by atoms with Crippen molar-refractivity contribution in [2.24, 2.45) is 0 Å². The molecule has 0 fully saturated rings. The Morgan fingerprint density at radius 3 is 2.58 bits per heavy atom. The summed E-state index contributed by atoms with van der Waals surface area (Å²) in [4.78, 5) is 11.6. The van der Waals surface area contributed by atoms with Gasteiger partial charge in [0.15, 0.2) is 0 Å². The van der Waals surface area contributed by atoms with Gasteiger partial charge in [0.25, 0.3) is 0 Å². The number of unbranched alkanes of at least 4 members (excludes halogenated alkanes) is 1. The highest BCUT2D eigenvalue weighted by atomic mass is 32.2. The van der Waals surface area contributed by atoms with Crippen molar-refractivity contribution in [2.75, 3.05) is 23.9 Å². The molecule has 1 unspecified atom stereocenters. The van der Waals surface area contributed by atoms with E-state index in [1.165, 1.54) is 0 Å². The lowest BCUT2D eigenvalue weighted by atomic mass is 10.1. The van der Waals surface area contributed by atoms with Crippen LogP contribution in [0.5, 0.6) is 0 Å². The quantitative estimate of drug-likeness (QED) is 0.674. The first-order valence-electron chi connectivity index (χ1n) is 6.45. The number of aliphatic hydroxyl groups excluding tert-OH is 1. The first-order chi connectivity index (χ1) is 9.13. The van der Waals surface area contributed by atoms with Crippen molar-refractivity contribution in [3.05, 3.63) is 29.8 Å². The molecule has 0 aliphatic heterocycles. The van der Waals surface area contributed by atoms with Crippen molar-refractivity contribution in [3.63, 3.8) is 0 Å². The first-order valence-corrected chi connectivity index (χ1v) is 7.84. The van der Waals surface area contributed by atoms with E-state index in [-0.39, 0.29) is 6.03 Å². The largest absolute Gasteiger partial charge is 0.389 e. The number of hydrogen-bond donors (Lipinski definition) is 3. The van der Waals surface area contributed by atoms with Crippen molar-refractivity contribution in [2.45, 2.75) is 25.9 Å². The van der Waals surface area contributed by atoms with Crippen molar-refractivity contribution in [3.8, 4) is 0 Å². The number of nitrogens with one attached hydrogen (secondary N) is 2. The number of aliphatic hydroxyl groups is 1. The zero-order chi connectivity index (χ0) is 14.1. The topological polar surface area (TPSA) is 61.4 Å². The molecular weight excluding hydrogens is 260 g/mol. The van der Waals surface area contributed by atoms with Crippen LogP contribution in [0, 0.1) is 0 Å². The smallest absolute Gasteiger partial charge is 0.319 e. The Hall–Kier alpha value is -1.20. The predicted molar refractivity (Wildman–Crippen MR) is 81.7 cm³/mol. The SMILES string of the molecule is CSCCCCNC(=O)Nc1ccc(C(C)O)cc1. The summed E-state index contributed by atoms with van der Waals surface area (Å²) in [6, 6.07) is 7.00. The fourth-order valence-electron chi connectivity index (χ4n) is 1.59. The highest BCUT2D eigenvalue weighted by Crippen LogP contribution is 2.15. The molecule has 1 rings (SSSR count). The van der Waals surface area contributed by atoms with Gasteiger partial charge >= 0.3 is 6.03 Å². The van der Waals surface area contributed by atoms with Crippen LogP contribution in [0.15, 0.2) is 24.3 Å². The summed E-state index contributed by atoms with van der Waals surface area (Å²) in [5.74, 6) is 1.13. The van der Waals surface area contributed by atoms with Gasteiger partial charge in [0, 0.05) is 12.2 Å². The van der Waals surface area contributed by atoms with Gasteiger partial charge in [0.2, 0.25) is 0 Å². The summed E-state index contributed by atoms with van der Waals surface area (Å²) in [6.07, 6.45) is 3.70. The molecule has 0 aliphatic rings. The molecule has 5 heteroatoms. The molecule has 0 aromatic heterocycles. The van der Waals surface area contributed by atoms with Gasteiger partial charge in [-0.3, -0.25) is 0 Å². The number of carbonyl (C=O) groups is 1. The van der Waals surface area contributed by atoms with Crippen LogP contribution in [0.25, 0.3) is 0 Å². The predicted octanol–water partition coefficient (Wildman–Crippen LogP) is 3.00. The van der Waals surface area contributed by atoms with E-state index in [0.29, 0.717) is 6.54 Å². The van der Waals surface area contributed by atoms with Crippen molar-refractivity contribution >= 4 is 23.5 Å². The third kappa shape index (κ3) is 6.50. The molecule has 0 spiro atoms. The van der Waals surface area contributed by atoms with Crippen LogP contribution in [0.3, 0.4) is 0 Å². The van der Waals surface area contributed by atoms with Crippen LogP contribution < -0.4 is 10.6 Å². The lowest BCUT2D eigenvalue weighted by Gasteiger charge is -2.09. The molecule has 3 N–H and O–H groups in total. The number of benzene rings is 1. The van der Waals surface area contributed by atoms with Crippen LogP contribution in [0.4, 0.5) is 10.5 Å². The average Bonchev–Trinajstić information content (AvgIpc) is 2.39. The van der Waals surface area contributed by atoms with Gasteiger partial charge in [-0.25, -0.2) is 4.79 Å². The molecular formula is C14H22N2O2S. The molecule has 1 aromatic rings. The second-order valence-corrected chi connectivity index (χ2v) is 5.36. The summed E-state index contributed by atoms with van der Waals surface area (Å²) in [7, 11) is 0. The summed E-state index contributed by atoms with van der Waals surface area (Å²) in [5, 5.41) is 15.0. The van der Waals surface area contributed by atoms with Gasteiger partial charge in [-0.1, -0.05) is 12.1 Å². The van der Waals surface area contributed by atoms with Crippen LogP contribution in [-0.4, -0.2) is 29.7 Å². The van der Waals surface area contributed by atoms with Gasteiger partial charge < -0.3 is 15.7 Å². The van der Waals surface area contributed by atoms with Gasteiger partial charge in [-0.15, -0.1) is 0 Å². The second-order valence-electron chi connectivity index (χ2n) is 4.38. The Kier molecular flexibility index (Phi) is 7.36. The fraction of sp³-hybridized carbons (Fsp3) is 0.500. The molecule has 1 atom stereocenters. The van der Waals surface area contributed by atoms with Crippen LogP contribution in [0.2, 0.25) is 0 Å². The van der Waals surface area contributed by atoms with Crippen LogP contribution >= 0.6 is 11.8 Å². The normalized spacial score (nSPS) is 11.9. The van der Waals surface area contributed by atoms with Crippen LogP contribution in [-0.2, 0) is 0 Å². The van der Waals surface area contributed by atoms with Crippen molar-refractivity contribution in [1.29, 1.82) is 0 Å². The minimum absolute atomic E-state index is 0.186. The number of anilines is 1. The molecule has 0 saturated carbocycles. The van der Waals surface area contributed by atoms with Gasteiger partial charge in [0.05, 0.1) is 6.10 Å². The standard InChI is InChI=1S/C14H22N2O2S/c1-11(17)12-5-7-13(8-6-12)16-14(18)15-9-3-4-10-19-2/h5-8,11,17H,3-4,9-10H2,1-2H3,(H2,15,16,18). The fourth-order valence-corrected chi connectivity index (χ4v) is 2.09. The summed E-state index contributed by atoms with van der Waals surface area (Å²) < 4.78 is 0. The molecule has 0 radical (unpaired) electrons. The number of thioether (sulfide) groups is 1. The Balaban J connectivity index is 2.28. The minimum Gasteiger partial charge on any atom is -0.389 e. The summed E-state index contributed by atoms with van der Waals surface area (Å²) in [6.45, 7) is 2.40. The lowest BCUT2D eigenvalue weighted by molar-refractivity contribution is 0.199. The first kappa shape index (κ1) is 15.9. The summed E-state index contributed by atoms with van der Waals surface area (Å²) in [5.41, 5.74) is 1.56. The number of urea groups is 1. The maximum Gasteiger partial charge on any atom is 0.319 e. The van der Waals surface area contributed by atoms with E-state index in [1.54, 1.807) is 31.2 Å².